The number of carboxylic acids is 1. The van der Waals surface area contributed by atoms with Crippen LogP contribution in [-0.2, 0) is 4.79 Å². The predicted molar refractivity (Wildman–Crippen MR) is 73.1 cm³/mol. The SMILES string of the molecule is Cc1c(Br)cccc1NC(=O)NC(C)(C(=O)O)C(F)(F)F. The van der Waals surface area contributed by atoms with Crippen LogP contribution in [0.4, 0.5) is 23.7 Å². The van der Waals surface area contributed by atoms with Crippen molar-refractivity contribution >= 4 is 33.6 Å². The maximum absolute atomic E-state index is 12.8. The number of alkyl halides is 3. The molecule has 116 valence electrons. The van der Waals surface area contributed by atoms with Crippen LogP contribution in [0.2, 0.25) is 0 Å². The molecular formula is C12H12BrF3N2O3. The van der Waals surface area contributed by atoms with Gasteiger partial charge >= 0.3 is 18.2 Å². The Labute approximate surface area is 126 Å². The molecule has 0 saturated carbocycles. The Balaban J connectivity index is 2.95. The summed E-state index contributed by atoms with van der Waals surface area (Å²) in [6, 6.07) is 3.48. The van der Waals surface area contributed by atoms with E-state index in [1.807, 2.05) is 0 Å². The molecular weight excluding hydrogens is 357 g/mol. The number of nitrogens with one attached hydrogen (secondary N) is 2. The van der Waals surface area contributed by atoms with E-state index in [9.17, 15) is 22.8 Å². The second-order valence-corrected chi connectivity index (χ2v) is 5.27. The third-order valence-electron chi connectivity index (χ3n) is 2.87. The summed E-state index contributed by atoms with van der Waals surface area (Å²) in [6.45, 7) is 2.02. The fraction of sp³-hybridized carbons (Fsp3) is 0.333. The lowest BCUT2D eigenvalue weighted by Crippen LogP contribution is -2.62. The quantitative estimate of drug-likeness (QED) is 0.765. The van der Waals surface area contributed by atoms with Gasteiger partial charge in [0.2, 0.25) is 5.54 Å². The van der Waals surface area contributed by atoms with Gasteiger partial charge in [-0.1, -0.05) is 22.0 Å². The van der Waals surface area contributed by atoms with E-state index < -0.39 is 23.7 Å². The Hall–Kier alpha value is -1.77. The van der Waals surface area contributed by atoms with E-state index in [-0.39, 0.29) is 5.69 Å². The molecule has 0 fully saturated rings. The van der Waals surface area contributed by atoms with Crippen molar-refractivity contribution in [2.24, 2.45) is 0 Å². The summed E-state index contributed by atoms with van der Waals surface area (Å²) >= 11 is 3.21. The smallest absolute Gasteiger partial charge is 0.422 e. The van der Waals surface area contributed by atoms with Crippen molar-refractivity contribution in [3.05, 3.63) is 28.2 Å². The number of aliphatic carboxylic acids is 1. The molecule has 0 aromatic heterocycles. The summed E-state index contributed by atoms with van der Waals surface area (Å²) < 4.78 is 39.0. The van der Waals surface area contributed by atoms with Crippen molar-refractivity contribution in [2.75, 3.05) is 5.32 Å². The van der Waals surface area contributed by atoms with Gasteiger partial charge < -0.3 is 15.7 Å². The second-order valence-electron chi connectivity index (χ2n) is 4.42. The Kier molecular flexibility index (Phi) is 4.87. The van der Waals surface area contributed by atoms with E-state index in [0.29, 0.717) is 17.0 Å². The molecule has 5 nitrogen and oxygen atoms in total. The van der Waals surface area contributed by atoms with Crippen LogP contribution >= 0.6 is 15.9 Å². The van der Waals surface area contributed by atoms with Crippen LogP contribution < -0.4 is 10.6 Å². The highest BCUT2D eigenvalue weighted by atomic mass is 79.9. The predicted octanol–water partition coefficient (Wildman–Crippen LogP) is 3.28. The molecule has 0 radical (unpaired) electrons. The van der Waals surface area contributed by atoms with Gasteiger partial charge in [0.05, 0.1) is 0 Å². The monoisotopic (exact) mass is 368 g/mol. The number of hydrogen-bond donors (Lipinski definition) is 3. The highest BCUT2D eigenvalue weighted by Crippen LogP contribution is 2.30. The third kappa shape index (κ3) is 3.66. The fourth-order valence-electron chi connectivity index (χ4n) is 1.37. The minimum atomic E-state index is -5.14. The van der Waals surface area contributed by atoms with E-state index in [1.165, 1.54) is 11.4 Å². The number of halogens is 4. The zero-order valence-electron chi connectivity index (χ0n) is 11.0. The number of rotatable bonds is 3. The molecule has 0 aliphatic carbocycles. The summed E-state index contributed by atoms with van der Waals surface area (Å²) in [6.07, 6.45) is -5.14. The van der Waals surface area contributed by atoms with Crippen LogP contribution in [0.1, 0.15) is 12.5 Å². The number of carbonyl (C=O) groups excluding carboxylic acids is 1. The second kappa shape index (κ2) is 5.92. The van der Waals surface area contributed by atoms with Crippen molar-refractivity contribution in [1.29, 1.82) is 0 Å². The first-order valence-electron chi connectivity index (χ1n) is 5.63. The standard InChI is InChI=1S/C12H12BrF3N2O3/c1-6-7(13)4-3-5-8(6)17-10(21)18-11(2,9(19)20)12(14,15)16/h3-5H,1-2H3,(H,19,20)(H2,17,18,21). The molecule has 1 aromatic rings. The van der Waals surface area contributed by atoms with Gasteiger partial charge in [-0.3, -0.25) is 0 Å². The maximum atomic E-state index is 12.8. The fourth-order valence-corrected chi connectivity index (χ4v) is 1.74. The van der Waals surface area contributed by atoms with Gasteiger partial charge in [-0.25, -0.2) is 9.59 Å². The molecule has 0 heterocycles. The number of urea groups is 1. The van der Waals surface area contributed by atoms with E-state index in [2.05, 4.69) is 21.2 Å². The van der Waals surface area contributed by atoms with Gasteiger partial charge in [-0.2, -0.15) is 13.2 Å². The number of anilines is 1. The molecule has 0 spiro atoms. The third-order valence-corrected chi connectivity index (χ3v) is 3.73. The molecule has 1 rings (SSSR count). The first-order chi connectivity index (χ1) is 9.49. The van der Waals surface area contributed by atoms with Gasteiger partial charge in [0.1, 0.15) is 0 Å². The molecule has 0 saturated heterocycles. The first kappa shape index (κ1) is 17.3. The van der Waals surface area contributed by atoms with Gasteiger partial charge in [0, 0.05) is 10.2 Å². The van der Waals surface area contributed by atoms with Crippen LogP contribution in [0.25, 0.3) is 0 Å². The molecule has 0 aliphatic rings. The summed E-state index contributed by atoms with van der Waals surface area (Å²) in [5, 5.41) is 12.3. The molecule has 0 bridgehead atoms. The zero-order chi connectivity index (χ0) is 16.4. The summed E-state index contributed by atoms with van der Waals surface area (Å²) in [5.41, 5.74) is -2.52. The number of carboxylic acid groups (broad SMARTS) is 1. The molecule has 9 heteroatoms. The topological polar surface area (TPSA) is 78.4 Å². The Morgan fingerprint density at radius 2 is 1.86 bits per heavy atom. The average Bonchev–Trinajstić information content (AvgIpc) is 2.33. The van der Waals surface area contributed by atoms with Crippen LogP contribution in [0.5, 0.6) is 0 Å². The number of benzene rings is 1. The zero-order valence-corrected chi connectivity index (χ0v) is 12.6. The highest BCUT2D eigenvalue weighted by molar-refractivity contribution is 9.10. The summed E-state index contributed by atoms with van der Waals surface area (Å²) in [7, 11) is 0. The normalized spacial score (nSPS) is 14.2. The van der Waals surface area contributed by atoms with Gasteiger partial charge in [-0.15, -0.1) is 0 Å². The van der Waals surface area contributed by atoms with Gasteiger partial charge in [-0.05, 0) is 31.5 Å². The van der Waals surface area contributed by atoms with Crippen molar-refractivity contribution in [3.63, 3.8) is 0 Å². The number of hydrogen-bond acceptors (Lipinski definition) is 2. The largest absolute Gasteiger partial charge is 0.479 e. The van der Waals surface area contributed by atoms with E-state index in [1.54, 1.807) is 19.1 Å². The molecule has 3 N–H and O–H groups in total. The van der Waals surface area contributed by atoms with E-state index in [0.717, 1.165) is 0 Å². The lowest BCUT2D eigenvalue weighted by Gasteiger charge is -2.28. The molecule has 0 aliphatic heterocycles. The van der Waals surface area contributed by atoms with Crippen LogP contribution in [0.15, 0.2) is 22.7 Å². The van der Waals surface area contributed by atoms with E-state index >= 15 is 0 Å². The highest BCUT2D eigenvalue weighted by Gasteiger charge is 2.58. The average molecular weight is 369 g/mol. The minimum Gasteiger partial charge on any atom is -0.479 e. The maximum Gasteiger partial charge on any atom is 0.422 e. The summed E-state index contributed by atoms with van der Waals surface area (Å²) in [4.78, 5) is 22.4. The minimum absolute atomic E-state index is 0.261. The number of amides is 2. The molecule has 2 amide bonds. The van der Waals surface area contributed by atoms with Gasteiger partial charge in [0.15, 0.2) is 0 Å². The van der Waals surface area contributed by atoms with Crippen LogP contribution in [0.3, 0.4) is 0 Å². The lowest BCUT2D eigenvalue weighted by atomic mass is 10.0. The van der Waals surface area contributed by atoms with Crippen molar-refractivity contribution < 1.29 is 27.9 Å². The van der Waals surface area contributed by atoms with Crippen molar-refractivity contribution in [1.82, 2.24) is 5.32 Å². The van der Waals surface area contributed by atoms with Crippen molar-refractivity contribution in [2.45, 2.75) is 25.6 Å². The first-order valence-corrected chi connectivity index (χ1v) is 6.42. The summed E-state index contributed by atoms with van der Waals surface area (Å²) in [5.74, 6) is -2.20. The Bertz CT molecular complexity index is 577. The van der Waals surface area contributed by atoms with Crippen molar-refractivity contribution in [3.8, 4) is 0 Å². The van der Waals surface area contributed by atoms with Crippen LogP contribution in [0, 0.1) is 6.92 Å². The van der Waals surface area contributed by atoms with E-state index in [4.69, 9.17) is 5.11 Å². The molecule has 1 aromatic carbocycles. The molecule has 1 atom stereocenters. The lowest BCUT2D eigenvalue weighted by molar-refractivity contribution is -0.203. The number of carbonyl (C=O) groups is 2. The molecule has 21 heavy (non-hydrogen) atoms. The molecule has 1 unspecified atom stereocenters. The van der Waals surface area contributed by atoms with Crippen LogP contribution in [-0.4, -0.2) is 28.8 Å². The Morgan fingerprint density at radius 1 is 1.29 bits per heavy atom. The van der Waals surface area contributed by atoms with Gasteiger partial charge in [0.25, 0.3) is 0 Å². The Morgan fingerprint density at radius 3 is 2.33 bits per heavy atom.